The molecule has 1 atom stereocenters. The zero-order chi connectivity index (χ0) is 34.2. The fourth-order valence-corrected chi connectivity index (χ4v) is 6.37. The highest BCUT2D eigenvalue weighted by atomic mass is 32.2. The van der Waals surface area contributed by atoms with Crippen LogP contribution in [0.1, 0.15) is 36.1 Å². The van der Waals surface area contributed by atoms with Crippen molar-refractivity contribution >= 4 is 27.5 Å². The minimum absolute atomic E-state index is 0.0483. The average molecular weight is 666 g/mol. The van der Waals surface area contributed by atoms with Crippen LogP contribution in [0.25, 0.3) is 0 Å². The molecular weight excluding hydrogens is 627 g/mol. The normalized spacial score (nSPS) is 12.4. The fourth-order valence-electron chi connectivity index (χ4n) is 4.96. The number of rotatable bonds is 13. The monoisotopic (exact) mass is 665 g/mol. The third-order valence-electron chi connectivity index (χ3n) is 7.50. The molecule has 0 heterocycles. The van der Waals surface area contributed by atoms with Crippen molar-refractivity contribution in [2.24, 2.45) is 5.92 Å². The molecule has 0 aliphatic carbocycles. The predicted octanol–water partition coefficient (Wildman–Crippen LogP) is 6.62. The van der Waals surface area contributed by atoms with Crippen molar-refractivity contribution in [2.45, 2.75) is 50.9 Å². The molecular formula is C36H38F3N3O4S. The maximum atomic E-state index is 14.4. The number of hydrogen-bond donors (Lipinski definition) is 1. The molecule has 7 nitrogen and oxygen atoms in total. The molecule has 4 aromatic carbocycles. The number of nitrogens with one attached hydrogen (secondary N) is 1. The van der Waals surface area contributed by atoms with Crippen LogP contribution in [0.4, 0.5) is 18.9 Å². The van der Waals surface area contributed by atoms with Crippen LogP contribution in [-0.4, -0.2) is 44.3 Å². The number of aryl methyl sites for hydroxylation is 1. The summed E-state index contributed by atoms with van der Waals surface area (Å²) in [6, 6.07) is 26.6. The van der Waals surface area contributed by atoms with Gasteiger partial charge in [0.15, 0.2) is 0 Å². The Morgan fingerprint density at radius 1 is 0.809 bits per heavy atom. The van der Waals surface area contributed by atoms with Gasteiger partial charge in [0.2, 0.25) is 11.8 Å². The molecule has 0 aliphatic heterocycles. The van der Waals surface area contributed by atoms with Crippen LogP contribution in [-0.2, 0) is 38.8 Å². The molecule has 0 saturated heterocycles. The van der Waals surface area contributed by atoms with E-state index >= 15 is 0 Å². The average Bonchev–Trinajstić information content (AvgIpc) is 3.04. The van der Waals surface area contributed by atoms with E-state index in [2.05, 4.69) is 5.32 Å². The van der Waals surface area contributed by atoms with Crippen molar-refractivity contribution in [1.82, 2.24) is 10.2 Å². The van der Waals surface area contributed by atoms with Crippen LogP contribution < -0.4 is 9.62 Å². The number of nitrogens with zero attached hydrogens (tertiary/aromatic N) is 2. The summed E-state index contributed by atoms with van der Waals surface area (Å²) in [5.41, 5.74) is 0.823. The standard InChI is InChI=1S/C36H38F3N3O4S/c1-26(2)23-40-35(44)33(21-28-11-6-4-7-12-28)41(24-29-13-8-5-9-14-29)34(43)25-42(31-16-10-15-30(22-31)36(37,38)39)47(45,46)32-19-17-27(3)18-20-32/h4-20,22,26,33H,21,23-25H2,1-3H3,(H,40,44). The number of hydrogen-bond acceptors (Lipinski definition) is 4. The lowest BCUT2D eigenvalue weighted by atomic mass is 10.0. The summed E-state index contributed by atoms with van der Waals surface area (Å²) in [6.07, 6.45) is -4.63. The summed E-state index contributed by atoms with van der Waals surface area (Å²) in [5.74, 6) is -1.08. The summed E-state index contributed by atoms with van der Waals surface area (Å²) >= 11 is 0. The molecule has 0 aliphatic rings. The summed E-state index contributed by atoms with van der Waals surface area (Å²) in [4.78, 5) is 29.3. The highest BCUT2D eigenvalue weighted by molar-refractivity contribution is 7.92. The van der Waals surface area contributed by atoms with Gasteiger partial charge in [0, 0.05) is 19.5 Å². The Morgan fingerprint density at radius 3 is 1.98 bits per heavy atom. The van der Waals surface area contributed by atoms with Crippen LogP contribution in [0.15, 0.2) is 114 Å². The molecule has 248 valence electrons. The molecule has 11 heteroatoms. The molecule has 0 spiro atoms. The Balaban J connectivity index is 1.82. The Kier molecular flexibility index (Phi) is 11.5. The predicted molar refractivity (Wildman–Crippen MR) is 176 cm³/mol. The lowest BCUT2D eigenvalue weighted by molar-refractivity contribution is -0.140. The fraction of sp³-hybridized carbons (Fsp3) is 0.278. The van der Waals surface area contributed by atoms with Crippen LogP contribution in [0.2, 0.25) is 0 Å². The number of benzene rings is 4. The maximum absolute atomic E-state index is 14.4. The van der Waals surface area contributed by atoms with E-state index in [1.165, 1.54) is 23.1 Å². The van der Waals surface area contributed by atoms with E-state index in [0.717, 1.165) is 23.3 Å². The minimum Gasteiger partial charge on any atom is -0.354 e. The number of sulfonamides is 1. The van der Waals surface area contributed by atoms with Crippen LogP contribution in [0, 0.1) is 12.8 Å². The summed E-state index contributed by atoms with van der Waals surface area (Å²) < 4.78 is 70.2. The first kappa shape index (κ1) is 35.2. The second kappa shape index (κ2) is 15.3. The second-order valence-electron chi connectivity index (χ2n) is 11.7. The molecule has 1 N–H and O–H groups in total. The van der Waals surface area contributed by atoms with Gasteiger partial charge in [0.05, 0.1) is 16.1 Å². The Bertz CT molecular complexity index is 1750. The molecule has 2 amide bonds. The van der Waals surface area contributed by atoms with Gasteiger partial charge in [0.25, 0.3) is 10.0 Å². The van der Waals surface area contributed by atoms with Crippen molar-refractivity contribution < 1.29 is 31.2 Å². The van der Waals surface area contributed by atoms with Crippen molar-refractivity contribution in [3.05, 3.63) is 131 Å². The first-order chi connectivity index (χ1) is 22.3. The topological polar surface area (TPSA) is 86.8 Å². The SMILES string of the molecule is Cc1ccc(S(=O)(=O)N(CC(=O)N(Cc2ccccc2)C(Cc2ccccc2)C(=O)NCC(C)C)c2cccc(C(F)(F)F)c2)cc1. The van der Waals surface area contributed by atoms with Gasteiger partial charge in [-0.2, -0.15) is 13.2 Å². The Hall–Kier alpha value is -4.64. The van der Waals surface area contributed by atoms with Crippen molar-refractivity contribution in [2.75, 3.05) is 17.4 Å². The highest BCUT2D eigenvalue weighted by Crippen LogP contribution is 2.33. The van der Waals surface area contributed by atoms with Crippen LogP contribution in [0.3, 0.4) is 0 Å². The van der Waals surface area contributed by atoms with E-state index in [9.17, 15) is 31.2 Å². The first-order valence-corrected chi connectivity index (χ1v) is 16.6. The zero-order valence-corrected chi connectivity index (χ0v) is 27.3. The molecule has 0 fully saturated rings. The van der Waals surface area contributed by atoms with Gasteiger partial charge in [-0.25, -0.2) is 8.42 Å². The van der Waals surface area contributed by atoms with E-state index in [0.29, 0.717) is 22.5 Å². The molecule has 0 bridgehead atoms. The van der Waals surface area contributed by atoms with Crippen molar-refractivity contribution in [1.29, 1.82) is 0 Å². The van der Waals surface area contributed by atoms with Gasteiger partial charge in [-0.1, -0.05) is 98.3 Å². The van der Waals surface area contributed by atoms with Crippen LogP contribution >= 0.6 is 0 Å². The number of carbonyl (C=O) groups is 2. The quantitative estimate of drug-likeness (QED) is 0.174. The Morgan fingerprint density at radius 2 is 1.40 bits per heavy atom. The molecule has 0 radical (unpaired) electrons. The summed E-state index contributed by atoms with van der Waals surface area (Å²) in [7, 11) is -4.54. The molecule has 1 unspecified atom stereocenters. The largest absolute Gasteiger partial charge is 0.416 e. The van der Waals surface area contributed by atoms with Gasteiger partial charge in [-0.3, -0.25) is 13.9 Å². The van der Waals surface area contributed by atoms with Gasteiger partial charge in [0.1, 0.15) is 12.6 Å². The third kappa shape index (κ3) is 9.45. The maximum Gasteiger partial charge on any atom is 0.416 e. The second-order valence-corrected chi connectivity index (χ2v) is 13.6. The molecule has 0 saturated carbocycles. The molecule has 4 rings (SSSR count). The number of anilines is 1. The number of carbonyl (C=O) groups excluding carboxylic acids is 2. The van der Waals surface area contributed by atoms with Gasteiger partial charge >= 0.3 is 6.18 Å². The van der Waals surface area contributed by atoms with Gasteiger partial charge < -0.3 is 10.2 Å². The third-order valence-corrected chi connectivity index (χ3v) is 9.29. The molecule has 47 heavy (non-hydrogen) atoms. The number of alkyl halides is 3. The molecule has 0 aromatic heterocycles. The number of amides is 2. The lowest BCUT2D eigenvalue weighted by Crippen LogP contribution is -2.53. The lowest BCUT2D eigenvalue weighted by Gasteiger charge is -2.34. The van der Waals surface area contributed by atoms with E-state index in [-0.39, 0.29) is 29.5 Å². The van der Waals surface area contributed by atoms with Gasteiger partial charge in [-0.05, 0) is 54.3 Å². The molecule has 4 aromatic rings. The van der Waals surface area contributed by atoms with E-state index < -0.39 is 46.2 Å². The Labute approximate surface area is 274 Å². The van der Waals surface area contributed by atoms with Crippen molar-refractivity contribution in [3.8, 4) is 0 Å². The van der Waals surface area contributed by atoms with Crippen molar-refractivity contribution in [3.63, 3.8) is 0 Å². The minimum atomic E-state index is -4.76. The first-order valence-electron chi connectivity index (χ1n) is 15.2. The highest BCUT2D eigenvalue weighted by Gasteiger charge is 2.36. The summed E-state index contributed by atoms with van der Waals surface area (Å²) in [6.45, 7) is 5.07. The zero-order valence-electron chi connectivity index (χ0n) is 26.4. The number of halogens is 3. The smallest absolute Gasteiger partial charge is 0.354 e. The van der Waals surface area contributed by atoms with E-state index in [4.69, 9.17) is 0 Å². The summed E-state index contributed by atoms with van der Waals surface area (Å²) in [5, 5.41) is 2.90. The van der Waals surface area contributed by atoms with Gasteiger partial charge in [-0.15, -0.1) is 0 Å². The van der Waals surface area contributed by atoms with Crippen LogP contribution in [0.5, 0.6) is 0 Å². The van der Waals surface area contributed by atoms with E-state index in [1.54, 1.807) is 49.4 Å². The van der Waals surface area contributed by atoms with E-state index in [1.807, 2.05) is 44.2 Å².